The summed E-state index contributed by atoms with van der Waals surface area (Å²) in [5, 5.41) is 9.37. The van der Waals surface area contributed by atoms with Crippen LogP contribution in [0.15, 0.2) is 221 Å². The summed E-state index contributed by atoms with van der Waals surface area (Å²) >= 11 is 0. The molecule has 0 saturated carbocycles. The summed E-state index contributed by atoms with van der Waals surface area (Å²) in [4.78, 5) is 12.5. The van der Waals surface area contributed by atoms with Crippen LogP contribution >= 0.6 is 0 Å². The van der Waals surface area contributed by atoms with Crippen molar-refractivity contribution >= 4 is 93.5 Å². The smallest absolute Gasteiger partial charge is 0.153 e. The topological polar surface area (TPSA) is 55.3 Å². The van der Waals surface area contributed by atoms with Crippen molar-refractivity contribution in [2.24, 2.45) is 0 Å². The average molecular weight is 806 g/mol. The SMILES string of the molecule is c1ccc2cc(-c3ccc4c(ccc5cc(N(c6ccc(-c7ccc8oc9ccccc9c8n7)cc6)c6ccc(-c7ccc8oc9ccccc9c8n7)cc6)ccc54)c3)ccc2c1. The van der Waals surface area contributed by atoms with Gasteiger partial charge in [0.2, 0.25) is 0 Å². The van der Waals surface area contributed by atoms with Gasteiger partial charge in [-0.25, -0.2) is 9.97 Å². The maximum Gasteiger partial charge on any atom is 0.153 e. The highest BCUT2D eigenvalue weighted by Crippen LogP contribution is 2.40. The molecule has 4 aromatic heterocycles. The van der Waals surface area contributed by atoms with Crippen molar-refractivity contribution in [1.82, 2.24) is 9.97 Å². The van der Waals surface area contributed by atoms with Gasteiger partial charge in [0.1, 0.15) is 22.2 Å². The molecule has 63 heavy (non-hydrogen) atoms. The Labute approximate surface area is 361 Å². The zero-order chi connectivity index (χ0) is 41.4. The van der Waals surface area contributed by atoms with E-state index in [2.05, 4.69) is 157 Å². The molecule has 0 radical (unpaired) electrons. The fraction of sp³-hybridized carbons (Fsp3) is 0. The van der Waals surface area contributed by atoms with Gasteiger partial charge in [-0.2, -0.15) is 0 Å². The van der Waals surface area contributed by atoms with Crippen molar-refractivity contribution in [2.75, 3.05) is 4.90 Å². The summed E-state index contributed by atoms with van der Waals surface area (Å²) in [7, 11) is 0. The fourth-order valence-corrected chi connectivity index (χ4v) is 9.26. The van der Waals surface area contributed by atoms with Gasteiger partial charge < -0.3 is 13.7 Å². The van der Waals surface area contributed by atoms with Crippen LogP contribution in [0.1, 0.15) is 0 Å². The summed E-state index contributed by atoms with van der Waals surface area (Å²) in [5.74, 6) is 0. The molecule has 13 aromatic rings. The second-order valence-electron chi connectivity index (χ2n) is 16.2. The number of rotatable bonds is 6. The summed E-state index contributed by atoms with van der Waals surface area (Å²) in [6, 6.07) is 74.9. The lowest BCUT2D eigenvalue weighted by atomic mass is 9.96. The van der Waals surface area contributed by atoms with Gasteiger partial charge in [0.25, 0.3) is 0 Å². The number of fused-ring (bicyclic) bond motifs is 10. The van der Waals surface area contributed by atoms with Crippen molar-refractivity contribution in [3.63, 3.8) is 0 Å². The molecule has 13 rings (SSSR count). The zero-order valence-corrected chi connectivity index (χ0v) is 33.9. The Hall–Kier alpha value is -8.54. The standard InChI is InChI=1S/C58H35N3O2/c1-2-8-39-33-40(14-13-36(39)7-1)41-21-27-47-42(34-41)15-16-43-35-46(26-28-48(43)47)61(44-22-17-37(18-23-44)51-29-31-55-57(59-51)49-9-3-5-11-53(49)62-55)45-24-19-38(20-25-45)52-30-32-56-58(60-52)50-10-4-6-12-54(50)63-56/h1-35H. The fourth-order valence-electron chi connectivity index (χ4n) is 9.26. The number of pyridine rings is 2. The number of hydrogen-bond donors (Lipinski definition) is 0. The summed E-state index contributed by atoms with van der Waals surface area (Å²) in [6.07, 6.45) is 0. The van der Waals surface area contributed by atoms with Crippen molar-refractivity contribution in [3.8, 4) is 33.6 Å². The van der Waals surface area contributed by atoms with Crippen LogP contribution in [0.4, 0.5) is 17.1 Å². The van der Waals surface area contributed by atoms with E-state index in [0.717, 1.165) is 83.7 Å². The van der Waals surface area contributed by atoms with Crippen LogP contribution in [-0.2, 0) is 0 Å². The van der Waals surface area contributed by atoms with Crippen LogP contribution in [0.25, 0.3) is 110 Å². The summed E-state index contributed by atoms with van der Waals surface area (Å²) in [6.45, 7) is 0. The van der Waals surface area contributed by atoms with E-state index in [4.69, 9.17) is 18.8 Å². The van der Waals surface area contributed by atoms with E-state index in [0.29, 0.717) is 0 Å². The molecule has 5 heteroatoms. The van der Waals surface area contributed by atoms with Crippen molar-refractivity contribution in [2.45, 2.75) is 0 Å². The lowest BCUT2D eigenvalue weighted by Gasteiger charge is -2.26. The van der Waals surface area contributed by atoms with E-state index in [9.17, 15) is 0 Å². The predicted octanol–water partition coefficient (Wildman–Crippen LogP) is 16.2. The Balaban J connectivity index is 0.891. The molecule has 0 atom stereocenters. The minimum absolute atomic E-state index is 0.786. The van der Waals surface area contributed by atoms with Crippen LogP contribution < -0.4 is 4.90 Å². The maximum absolute atomic E-state index is 6.07. The first kappa shape index (κ1) is 35.2. The van der Waals surface area contributed by atoms with Gasteiger partial charge in [-0.05, 0) is 141 Å². The molecule has 9 aromatic carbocycles. The van der Waals surface area contributed by atoms with Crippen LogP contribution in [0.2, 0.25) is 0 Å². The Bertz CT molecular complexity index is 3760. The Morgan fingerprint density at radius 2 is 0.730 bits per heavy atom. The molecule has 0 unspecified atom stereocenters. The molecule has 0 N–H and O–H groups in total. The van der Waals surface area contributed by atoms with E-state index < -0.39 is 0 Å². The Morgan fingerprint density at radius 3 is 1.33 bits per heavy atom. The Kier molecular flexibility index (Phi) is 7.84. The highest BCUT2D eigenvalue weighted by atomic mass is 16.3. The first-order valence-electron chi connectivity index (χ1n) is 21.2. The van der Waals surface area contributed by atoms with E-state index in [1.807, 2.05) is 60.7 Å². The largest absolute Gasteiger partial charge is 0.454 e. The highest BCUT2D eigenvalue weighted by Gasteiger charge is 2.17. The van der Waals surface area contributed by atoms with Crippen LogP contribution in [-0.4, -0.2) is 9.97 Å². The molecule has 5 nitrogen and oxygen atoms in total. The first-order valence-corrected chi connectivity index (χ1v) is 21.2. The third kappa shape index (κ3) is 5.93. The molecule has 0 bridgehead atoms. The van der Waals surface area contributed by atoms with E-state index >= 15 is 0 Å². The van der Waals surface area contributed by atoms with Gasteiger partial charge in [0.15, 0.2) is 11.2 Å². The van der Waals surface area contributed by atoms with Gasteiger partial charge in [0.05, 0.1) is 11.4 Å². The van der Waals surface area contributed by atoms with Gasteiger partial charge in [0, 0.05) is 39.0 Å². The second-order valence-corrected chi connectivity index (χ2v) is 16.2. The molecule has 0 spiro atoms. The van der Waals surface area contributed by atoms with Crippen LogP contribution in [0.3, 0.4) is 0 Å². The molecule has 4 heterocycles. The second kappa shape index (κ2) is 14.0. The lowest BCUT2D eigenvalue weighted by Crippen LogP contribution is -2.10. The number of anilines is 3. The number of aromatic nitrogens is 2. The maximum atomic E-state index is 6.07. The summed E-state index contributed by atoms with van der Waals surface area (Å²) < 4.78 is 12.1. The minimum Gasteiger partial charge on any atom is -0.454 e. The number of furan rings is 2. The Morgan fingerprint density at radius 1 is 0.286 bits per heavy atom. The molecule has 0 aliphatic heterocycles. The van der Waals surface area contributed by atoms with Crippen LogP contribution in [0, 0.1) is 0 Å². The van der Waals surface area contributed by atoms with E-state index in [1.54, 1.807) is 0 Å². The first-order chi connectivity index (χ1) is 31.2. The molecule has 294 valence electrons. The highest BCUT2D eigenvalue weighted by molar-refractivity contribution is 6.10. The van der Waals surface area contributed by atoms with Crippen LogP contribution in [0.5, 0.6) is 0 Å². The van der Waals surface area contributed by atoms with Gasteiger partial charge in [-0.1, -0.05) is 115 Å². The zero-order valence-electron chi connectivity index (χ0n) is 33.9. The minimum atomic E-state index is 0.786. The number of benzene rings is 9. The molecular formula is C58H35N3O2. The predicted molar refractivity (Wildman–Crippen MR) is 260 cm³/mol. The van der Waals surface area contributed by atoms with Gasteiger partial charge in [-0.3, -0.25) is 0 Å². The normalized spacial score (nSPS) is 11.8. The number of nitrogens with zero attached hydrogens (tertiary/aromatic N) is 3. The van der Waals surface area contributed by atoms with E-state index in [-0.39, 0.29) is 0 Å². The molecule has 0 saturated heterocycles. The molecule has 0 amide bonds. The quantitative estimate of drug-likeness (QED) is 0.157. The number of para-hydroxylation sites is 2. The lowest BCUT2D eigenvalue weighted by molar-refractivity contribution is 0.668. The van der Waals surface area contributed by atoms with Gasteiger partial charge >= 0.3 is 0 Å². The van der Waals surface area contributed by atoms with Crippen molar-refractivity contribution in [1.29, 1.82) is 0 Å². The summed E-state index contributed by atoms with van der Waals surface area (Å²) in [5.41, 5.74) is 14.4. The van der Waals surface area contributed by atoms with Crippen molar-refractivity contribution < 1.29 is 8.83 Å². The molecular weight excluding hydrogens is 771 g/mol. The third-order valence-electron chi connectivity index (χ3n) is 12.4. The third-order valence-corrected chi connectivity index (χ3v) is 12.4. The number of hydrogen-bond acceptors (Lipinski definition) is 5. The monoisotopic (exact) mass is 805 g/mol. The molecule has 0 aliphatic carbocycles. The van der Waals surface area contributed by atoms with Crippen molar-refractivity contribution in [3.05, 3.63) is 212 Å². The van der Waals surface area contributed by atoms with E-state index in [1.165, 1.54) is 43.4 Å². The average Bonchev–Trinajstić information content (AvgIpc) is 3.92. The van der Waals surface area contributed by atoms with Gasteiger partial charge in [-0.15, -0.1) is 0 Å². The molecule has 0 aliphatic rings. The molecule has 0 fully saturated rings.